The maximum Gasteiger partial charge on any atom is 0.0499 e. The summed E-state index contributed by atoms with van der Waals surface area (Å²) in [6, 6.07) is 7.66. The average Bonchev–Trinajstić information content (AvgIpc) is 2.07. The summed E-state index contributed by atoms with van der Waals surface area (Å²) in [5, 5.41) is 9.76. The minimum Gasteiger partial charge on any atom is -0.396 e. The second-order valence-electron chi connectivity index (χ2n) is 2.84. The summed E-state index contributed by atoms with van der Waals surface area (Å²) < 4.78 is 0. The van der Waals surface area contributed by atoms with Gasteiger partial charge in [-0.15, -0.1) is 0 Å². The van der Waals surface area contributed by atoms with Crippen LogP contribution in [0.3, 0.4) is 0 Å². The van der Waals surface area contributed by atoms with Gasteiger partial charge in [0.2, 0.25) is 0 Å². The van der Waals surface area contributed by atoms with Crippen LogP contribution in [-0.2, 0) is 0 Å². The number of aliphatic hydroxyl groups excluding tert-OH is 1. The van der Waals surface area contributed by atoms with Gasteiger partial charge in [0.15, 0.2) is 0 Å². The minimum atomic E-state index is 0.191. The molecule has 1 N–H and O–H groups in total. The van der Waals surface area contributed by atoms with E-state index in [9.17, 15) is 0 Å². The Morgan fingerprint density at radius 1 is 1.50 bits per heavy atom. The molecular weight excluding hydrogens is 172 g/mol. The highest BCUT2D eigenvalue weighted by Gasteiger charge is 2.06. The Balaban J connectivity index is 2.85. The summed E-state index contributed by atoms with van der Waals surface area (Å²) in [7, 11) is 0. The van der Waals surface area contributed by atoms with E-state index >= 15 is 0 Å². The molecule has 0 amide bonds. The lowest BCUT2D eigenvalue weighted by Gasteiger charge is -2.11. The fourth-order valence-electron chi connectivity index (χ4n) is 1.23. The molecule has 1 unspecified atom stereocenters. The Hall–Kier alpha value is -0.530. The van der Waals surface area contributed by atoms with Crippen molar-refractivity contribution in [3.63, 3.8) is 0 Å². The third-order valence-electron chi connectivity index (χ3n) is 2.03. The first-order valence-electron chi connectivity index (χ1n) is 4.14. The van der Waals surface area contributed by atoms with Crippen LogP contribution in [0.4, 0.5) is 0 Å². The third kappa shape index (κ3) is 2.23. The summed E-state index contributed by atoms with van der Waals surface area (Å²) in [4.78, 5) is 0. The lowest BCUT2D eigenvalue weighted by atomic mass is 9.98. The number of aliphatic hydroxyl groups is 1. The Bertz CT molecular complexity index is 243. The molecule has 0 aromatic heterocycles. The maximum absolute atomic E-state index is 9.03. The van der Waals surface area contributed by atoms with E-state index in [1.807, 2.05) is 24.3 Å². The predicted molar refractivity (Wildman–Crippen MR) is 51.6 cm³/mol. The van der Waals surface area contributed by atoms with Gasteiger partial charge >= 0.3 is 0 Å². The standard InChI is InChI=1S/C10H13ClO/c1-2-8(7-12)9-4-3-5-10(11)6-9/h3-6,8,12H,2,7H2,1H3. The van der Waals surface area contributed by atoms with E-state index < -0.39 is 0 Å². The van der Waals surface area contributed by atoms with E-state index in [0.29, 0.717) is 0 Å². The normalized spacial score (nSPS) is 12.9. The molecule has 0 aliphatic carbocycles. The van der Waals surface area contributed by atoms with Gasteiger partial charge in [-0.25, -0.2) is 0 Å². The van der Waals surface area contributed by atoms with Crippen molar-refractivity contribution in [3.05, 3.63) is 34.9 Å². The van der Waals surface area contributed by atoms with Crippen molar-refractivity contribution in [1.29, 1.82) is 0 Å². The van der Waals surface area contributed by atoms with Crippen LogP contribution in [0.1, 0.15) is 24.8 Å². The zero-order valence-corrected chi connectivity index (χ0v) is 7.88. The molecule has 1 aromatic carbocycles. The Morgan fingerprint density at radius 2 is 2.25 bits per heavy atom. The molecule has 2 heteroatoms. The van der Waals surface area contributed by atoms with Crippen molar-refractivity contribution in [1.82, 2.24) is 0 Å². The predicted octanol–water partition coefficient (Wildman–Crippen LogP) is 2.83. The lowest BCUT2D eigenvalue weighted by Crippen LogP contribution is -2.01. The molecule has 0 fully saturated rings. The molecule has 0 aliphatic rings. The Kier molecular flexibility index (Phi) is 3.57. The molecule has 1 atom stereocenters. The topological polar surface area (TPSA) is 20.2 Å². The fourth-order valence-corrected chi connectivity index (χ4v) is 1.43. The lowest BCUT2D eigenvalue weighted by molar-refractivity contribution is 0.262. The first-order valence-corrected chi connectivity index (χ1v) is 4.52. The van der Waals surface area contributed by atoms with Crippen LogP contribution in [0.15, 0.2) is 24.3 Å². The molecule has 1 aromatic rings. The van der Waals surface area contributed by atoms with Gasteiger partial charge in [0.1, 0.15) is 0 Å². The molecule has 0 bridgehead atoms. The van der Waals surface area contributed by atoms with Crippen LogP contribution >= 0.6 is 11.6 Å². The Morgan fingerprint density at radius 3 is 2.75 bits per heavy atom. The first kappa shape index (κ1) is 9.56. The van der Waals surface area contributed by atoms with Gasteiger partial charge in [-0.1, -0.05) is 30.7 Å². The molecule has 0 spiro atoms. The monoisotopic (exact) mass is 184 g/mol. The van der Waals surface area contributed by atoms with E-state index in [1.54, 1.807) is 0 Å². The first-order chi connectivity index (χ1) is 5.77. The van der Waals surface area contributed by atoms with Crippen molar-refractivity contribution in [2.45, 2.75) is 19.3 Å². The Labute approximate surface area is 78.0 Å². The van der Waals surface area contributed by atoms with Crippen LogP contribution < -0.4 is 0 Å². The molecule has 12 heavy (non-hydrogen) atoms. The summed E-state index contributed by atoms with van der Waals surface area (Å²) in [6.45, 7) is 2.25. The van der Waals surface area contributed by atoms with Gasteiger partial charge in [0.05, 0.1) is 0 Å². The molecule has 1 rings (SSSR count). The number of hydrogen-bond donors (Lipinski definition) is 1. The van der Waals surface area contributed by atoms with Crippen molar-refractivity contribution in [2.75, 3.05) is 6.61 Å². The molecule has 0 heterocycles. The smallest absolute Gasteiger partial charge is 0.0499 e. The molecule has 0 saturated heterocycles. The third-order valence-corrected chi connectivity index (χ3v) is 2.27. The van der Waals surface area contributed by atoms with Gasteiger partial charge in [0.25, 0.3) is 0 Å². The molecule has 0 saturated carbocycles. The molecular formula is C10H13ClO. The highest BCUT2D eigenvalue weighted by Crippen LogP contribution is 2.21. The largest absolute Gasteiger partial charge is 0.396 e. The number of rotatable bonds is 3. The zero-order valence-electron chi connectivity index (χ0n) is 7.13. The molecule has 0 radical (unpaired) electrons. The number of benzene rings is 1. The average molecular weight is 185 g/mol. The zero-order chi connectivity index (χ0) is 8.97. The fraction of sp³-hybridized carbons (Fsp3) is 0.400. The summed E-state index contributed by atoms with van der Waals surface area (Å²) in [5.74, 6) is 0.226. The van der Waals surface area contributed by atoms with Crippen molar-refractivity contribution in [3.8, 4) is 0 Å². The van der Waals surface area contributed by atoms with Crippen LogP contribution in [0, 0.1) is 0 Å². The molecule has 66 valence electrons. The van der Waals surface area contributed by atoms with E-state index in [2.05, 4.69) is 6.92 Å². The van der Waals surface area contributed by atoms with E-state index in [4.69, 9.17) is 16.7 Å². The summed E-state index contributed by atoms with van der Waals surface area (Å²) in [6.07, 6.45) is 0.941. The van der Waals surface area contributed by atoms with Gasteiger partial charge in [0, 0.05) is 17.5 Å². The van der Waals surface area contributed by atoms with Crippen LogP contribution in [0.2, 0.25) is 5.02 Å². The number of hydrogen-bond acceptors (Lipinski definition) is 1. The summed E-state index contributed by atoms with van der Waals surface area (Å²) >= 11 is 5.82. The molecule has 1 nitrogen and oxygen atoms in total. The second-order valence-corrected chi connectivity index (χ2v) is 3.28. The SMILES string of the molecule is CCC(CO)c1cccc(Cl)c1. The van der Waals surface area contributed by atoms with E-state index in [1.165, 1.54) is 0 Å². The van der Waals surface area contributed by atoms with Gasteiger partial charge < -0.3 is 5.11 Å². The maximum atomic E-state index is 9.03. The number of halogens is 1. The van der Waals surface area contributed by atoms with Crippen molar-refractivity contribution in [2.24, 2.45) is 0 Å². The quantitative estimate of drug-likeness (QED) is 0.766. The van der Waals surface area contributed by atoms with Crippen LogP contribution in [-0.4, -0.2) is 11.7 Å². The van der Waals surface area contributed by atoms with E-state index in [-0.39, 0.29) is 12.5 Å². The van der Waals surface area contributed by atoms with Crippen molar-refractivity contribution < 1.29 is 5.11 Å². The molecule has 0 aliphatic heterocycles. The van der Waals surface area contributed by atoms with Gasteiger partial charge in [-0.05, 0) is 24.1 Å². The van der Waals surface area contributed by atoms with Crippen LogP contribution in [0.25, 0.3) is 0 Å². The summed E-state index contributed by atoms with van der Waals surface area (Å²) in [5.41, 5.74) is 1.12. The van der Waals surface area contributed by atoms with Crippen LogP contribution in [0.5, 0.6) is 0 Å². The highest BCUT2D eigenvalue weighted by atomic mass is 35.5. The van der Waals surface area contributed by atoms with E-state index in [0.717, 1.165) is 17.0 Å². The van der Waals surface area contributed by atoms with Crippen molar-refractivity contribution >= 4 is 11.6 Å². The van der Waals surface area contributed by atoms with Gasteiger partial charge in [-0.2, -0.15) is 0 Å². The highest BCUT2D eigenvalue weighted by molar-refractivity contribution is 6.30. The minimum absolute atomic E-state index is 0.191. The second kappa shape index (κ2) is 4.48. The van der Waals surface area contributed by atoms with Gasteiger partial charge in [-0.3, -0.25) is 0 Å².